The van der Waals surface area contributed by atoms with Crippen molar-refractivity contribution >= 4 is 17.7 Å². The van der Waals surface area contributed by atoms with E-state index in [-0.39, 0.29) is 6.42 Å². The molecule has 0 saturated carbocycles. The maximum Gasteiger partial charge on any atom is 0.332 e. The Morgan fingerprint density at radius 1 is 1.00 bits per heavy atom. The molecular weight excluding hydrogens is 344 g/mol. The summed E-state index contributed by atoms with van der Waals surface area (Å²) in [5, 5.41) is 0. The summed E-state index contributed by atoms with van der Waals surface area (Å²) >= 11 is 0. The minimum Gasteiger partial charge on any atom is -0.468 e. The van der Waals surface area contributed by atoms with E-state index in [1.807, 2.05) is 24.3 Å². The number of ether oxygens (including phenoxy) is 2. The molecule has 2 aromatic carbocycles. The van der Waals surface area contributed by atoms with Gasteiger partial charge < -0.3 is 9.47 Å². The fourth-order valence-corrected chi connectivity index (χ4v) is 3.71. The van der Waals surface area contributed by atoms with Crippen molar-refractivity contribution in [2.24, 2.45) is 10.8 Å². The fourth-order valence-electron chi connectivity index (χ4n) is 3.71. The Morgan fingerprint density at radius 2 is 1.56 bits per heavy atom. The van der Waals surface area contributed by atoms with Gasteiger partial charge in [0.1, 0.15) is 6.10 Å². The number of methoxy groups -OCH3 is 1. The van der Waals surface area contributed by atoms with E-state index in [4.69, 9.17) is 9.47 Å². The van der Waals surface area contributed by atoms with Gasteiger partial charge >= 0.3 is 11.9 Å². The highest BCUT2D eigenvalue weighted by Crippen LogP contribution is 2.49. The van der Waals surface area contributed by atoms with Crippen LogP contribution in [0.5, 0.6) is 0 Å². The smallest absolute Gasteiger partial charge is 0.332 e. The number of hydrogen-bond donors (Lipinski definition) is 0. The van der Waals surface area contributed by atoms with Crippen molar-refractivity contribution < 1.29 is 23.9 Å². The molecule has 0 spiro atoms. The number of esters is 2. The summed E-state index contributed by atoms with van der Waals surface area (Å²) < 4.78 is 10.6. The number of ketones is 1. The van der Waals surface area contributed by atoms with Crippen molar-refractivity contribution in [2.75, 3.05) is 7.11 Å². The van der Waals surface area contributed by atoms with Crippen LogP contribution in [-0.4, -0.2) is 24.8 Å². The van der Waals surface area contributed by atoms with Crippen molar-refractivity contribution in [3.05, 3.63) is 71.8 Å². The molecule has 5 nitrogen and oxygen atoms in total. The third-order valence-corrected chi connectivity index (χ3v) is 5.15. The number of cyclic esters (lactones) is 1. The molecule has 0 bridgehead atoms. The average molecular weight is 366 g/mol. The highest BCUT2D eigenvalue weighted by molar-refractivity contribution is 6.23. The SMILES string of the molecule is COC(=O)[C@@]1(Cc2ccccc2)C(=O)O[C@H](c2ccccc2)C(C)(C)C1=O. The lowest BCUT2D eigenvalue weighted by molar-refractivity contribution is -0.196. The van der Waals surface area contributed by atoms with Gasteiger partial charge in [-0.2, -0.15) is 0 Å². The van der Waals surface area contributed by atoms with Crippen molar-refractivity contribution in [3.63, 3.8) is 0 Å². The summed E-state index contributed by atoms with van der Waals surface area (Å²) in [6.45, 7) is 3.39. The van der Waals surface area contributed by atoms with E-state index in [2.05, 4.69) is 0 Å². The zero-order chi connectivity index (χ0) is 19.7. The van der Waals surface area contributed by atoms with Crippen LogP contribution in [0.1, 0.15) is 31.1 Å². The Labute approximate surface area is 158 Å². The second kappa shape index (κ2) is 6.99. The average Bonchev–Trinajstić information content (AvgIpc) is 2.69. The molecule has 0 radical (unpaired) electrons. The number of rotatable bonds is 4. The predicted octanol–water partition coefficient (Wildman–Crippen LogP) is 3.28. The van der Waals surface area contributed by atoms with E-state index in [1.165, 1.54) is 7.11 Å². The van der Waals surface area contributed by atoms with Crippen LogP contribution >= 0.6 is 0 Å². The fraction of sp³-hybridized carbons (Fsp3) is 0.318. The second-order valence-corrected chi connectivity index (χ2v) is 7.31. The maximum absolute atomic E-state index is 13.6. The number of carbonyl (C=O) groups excluding carboxylic acids is 3. The molecule has 27 heavy (non-hydrogen) atoms. The lowest BCUT2D eigenvalue weighted by Crippen LogP contribution is -2.60. The Balaban J connectivity index is 2.09. The minimum absolute atomic E-state index is 0.0941. The van der Waals surface area contributed by atoms with Gasteiger partial charge in [-0.25, -0.2) is 0 Å². The molecule has 140 valence electrons. The van der Waals surface area contributed by atoms with E-state index >= 15 is 0 Å². The Kier molecular flexibility index (Phi) is 4.87. The molecule has 2 aromatic rings. The normalized spacial score (nSPS) is 24.2. The summed E-state index contributed by atoms with van der Waals surface area (Å²) in [6.07, 6.45) is -0.865. The van der Waals surface area contributed by atoms with Crippen LogP contribution in [0.15, 0.2) is 60.7 Å². The first-order valence-electron chi connectivity index (χ1n) is 8.77. The molecule has 2 atom stereocenters. The largest absolute Gasteiger partial charge is 0.468 e. The van der Waals surface area contributed by atoms with Crippen molar-refractivity contribution in [3.8, 4) is 0 Å². The van der Waals surface area contributed by atoms with Gasteiger partial charge in [0.25, 0.3) is 0 Å². The number of Topliss-reactive ketones (excluding diaryl/α,β-unsaturated/α-hetero) is 1. The van der Waals surface area contributed by atoms with Gasteiger partial charge in [0.05, 0.1) is 12.5 Å². The molecule has 1 aliphatic rings. The van der Waals surface area contributed by atoms with Crippen molar-refractivity contribution in [1.82, 2.24) is 0 Å². The summed E-state index contributed by atoms with van der Waals surface area (Å²) in [5.41, 5.74) is -1.71. The molecule has 0 unspecified atom stereocenters. The molecule has 3 rings (SSSR count). The van der Waals surface area contributed by atoms with Crippen molar-refractivity contribution in [2.45, 2.75) is 26.4 Å². The Bertz CT molecular complexity index is 857. The second-order valence-electron chi connectivity index (χ2n) is 7.31. The van der Waals surface area contributed by atoms with Gasteiger partial charge in [-0.15, -0.1) is 0 Å². The van der Waals surface area contributed by atoms with Gasteiger partial charge in [0.2, 0.25) is 5.41 Å². The molecule has 1 heterocycles. The zero-order valence-corrected chi connectivity index (χ0v) is 15.6. The lowest BCUT2D eigenvalue weighted by atomic mass is 9.63. The predicted molar refractivity (Wildman–Crippen MR) is 98.7 cm³/mol. The van der Waals surface area contributed by atoms with Crippen LogP contribution in [0.25, 0.3) is 0 Å². The quantitative estimate of drug-likeness (QED) is 0.613. The standard InChI is InChI=1S/C22H22O5/c1-21(2)17(16-12-8-5-9-13-16)27-20(25)22(18(21)23,19(24)26-3)14-15-10-6-4-7-11-15/h4-13,17H,14H2,1-3H3/t17-,22+/m1/s1. The van der Waals surface area contributed by atoms with Crippen LogP contribution < -0.4 is 0 Å². The van der Waals surface area contributed by atoms with Crippen LogP contribution in [0, 0.1) is 10.8 Å². The molecule has 0 N–H and O–H groups in total. The third-order valence-electron chi connectivity index (χ3n) is 5.15. The monoisotopic (exact) mass is 366 g/mol. The maximum atomic E-state index is 13.6. The van der Waals surface area contributed by atoms with E-state index in [1.54, 1.807) is 50.2 Å². The van der Waals surface area contributed by atoms with E-state index < -0.39 is 34.7 Å². The van der Waals surface area contributed by atoms with E-state index in [0.29, 0.717) is 11.1 Å². The van der Waals surface area contributed by atoms with Gasteiger partial charge in [-0.05, 0) is 25.0 Å². The van der Waals surface area contributed by atoms with Gasteiger partial charge in [-0.3, -0.25) is 14.4 Å². The molecule has 0 aliphatic carbocycles. The van der Waals surface area contributed by atoms with Gasteiger partial charge in [-0.1, -0.05) is 60.7 Å². The van der Waals surface area contributed by atoms with E-state index in [9.17, 15) is 14.4 Å². The van der Waals surface area contributed by atoms with Crippen LogP contribution in [0.2, 0.25) is 0 Å². The number of hydrogen-bond acceptors (Lipinski definition) is 5. The van der Waals surface area contributed by atoms with Crippen molar-refractivity contribution in [1.29, 1.82) is 0 Å². The Morgan fingerprint density at radius 3 is 2.11 bits per heavy atom. The molecule has 0 aromatic heterocycles. The topological polar surface area (TPSA) is 69.7 Å². The third kappa shape index (κ3) is 3.03. The van der Waals surface area contributed by atoms with E-state index in [0.717, 1.165) is 0 Å². The van der Waals surface area contributed by atoms with Gasteiger partial charge in [0, 0.05) is 6.42 Å². The molecular formula is C22H22O5. The molecule has 1 fully saturated rings. The number of benzene rings is 2. The first kappa shape index (κ1) is 18.8. The summed E-state index contributed by atoms with van der Waals surface area (Å²) in [7, 11) is 1.17. The summed E-state index contributed by atoms with van der Waals surface area (Å²) in [6, 6.07) is 18.0. The van der Waals surface area contributed by atoms with Crippen LogP contribution in [0.3, 0.4) is 0 Å². The van der Waals surface area contributed by atoms with Crippen LogP contribution in [-0.2, 0) is 30.3 Å². The Hall–Kier alpha value is -2.95. The molecule has 5 heteroatoms. The number of carbonyl (C=O) groups is 3. The summed E-state index contributed by atoms with van der Waals surface area (Å²) in [5.74, 6) is -2.24. The highest BCUT2D eigenvalue weighted by atomic mass is 16.6. The molecule has 1 aliphatic heterocycles. The first-order valence-corrected chi connectivity index (χ1v) is 8.77. The summed E-state index contributed by atoms with van der Waals surface area (Å²) in [4.78, 5) is 39.3. The van der Waals surface area contributed by atoms with Gasteiger partial charge in [0.15, 0.2) is 5.78 Å². The first-order chi connectivity index (χ1) is 12.8. The minimum atomic E-state index is -2.01. The highest BCUT2D eigenvalue weighted by Gasteiger charge is 2.65. The molecule has 1 saturated heterocycles. The van der Waals surface area contributed by atoms with Crippen LogP contribution in [0.4, 0.5) is 0 Å². The zero-order valence-electron chi connectivity index (χ0n) is 15.6. The lowest BCUT2D eigenvalue weighted by Gasteiger charge is -2.44. The molecule has 0 amide bonds.